The summed E-state index contributed by atoms with van der Waals surface area (Å²) in [6.45, 7) is -0.396. The molecule has 1 aromatic heterocycles. The molecule has 2 saturated carbocycles. The third kappa shape index (κ3) is 2.91. The van der Waals surface area contributed by atoms with Crippen LogP contribution in [0, 0.1) is 17.8 Å². The second-order valence-corrected chi connectivity index (χ2v) is 10.2. The van der Waals surface area contributed by atoms with Crippen molar-refractivity contribution in [3.05, 3.63) is 43.3 Å². The van der Waals surface area contributed by atoms with E-state index in [9.17, 15) is 9.59 Å². The number of halogens is 1. The molecule has 2 N–H and O–H groups in total. The lowest BCUT2D eigenvalue weighted by Crippen LogP contribution is -2.34. The fraction of sp³-hybridized carbons (Fsp3) is 0.474. The molecule has 0 amide bonds. The van der Waals surface area contributed by atoms with E-state index in [1.165, 1.54) is 30.6 Å². The number of hydrogen-bond acceptors (Lipinski definition) is 5. The monoisotopic (exact) mass is 423 g/mol. The molecule has 1 aromatic carbocycles. The lowest BCUT2D eigenvalue weighted by molar-refractivity contribution is -0.139. The van der Waals surface area contributed by atoms with E-state index >= 15 is 0 Å². The van der Waals surface area contributed by atoms with Gasteiger partial charge in [-0.15, -0.1) is 11.8 Å². The molecule has 2 aromatic rings. The maximum atomic E-state index is 12.1. The number of thioether (sulfide) groups is 1. The predicted octanol–water partition coefficient (Wildman–Crippen LogP) is 4.21. The summed E-state index contributed by atoms with van der Waals surface area (Å²) in [7, 11) is 0. The van der Waals surface area contributed by atoms with Gasteiger partial charge in [0.1, 0.15) is 5.75 Å². The largest absolute Gasteiger partial charge is 0.482 e. The molecule has 2 aliphatic carbocycles. The Morgan fingerprint density at radius 1 is 1.33 bits per heavy atom. The van der Waals surface area contributed by atoms with Gasteiger partial charge in [0.25, 0.3) is 0 Å². The second kappa shape index (κ2) is 6.57. The van der Waals surface area contributed by atoms with E-state index < -0.39 is 12.6 Å². The summed E-state index contributed by atoms with van der Waals surface area (Å²) >= 11 is 9.40. The van der Waals surface area contributed by atoms with Crippen LogP contribution in [-0.2, 0) is 4.79 Å². The van der Waals surface area contributed by atoms with Gasteiger partial charge < -0.3 is 14.8 Å². The van der Waals surface area contributed by atoms with Gasteiger partial charge in [-0.1, -0.05) is 22.9 Å². The number of nitrogens with one attached hydrogen (secondary N) is 1. The summed E-state index contributed by atoms with van der Waals surface area (Å²) in [5, 5.41) is 11.1. The average molecular weight is 424 g/mol. The molecule has 2 fully saturated rings. The number of aromatic amines is 1. The van der Waals surface area contributed by atoms with E-state index in [-0.39, 0.29) is 10.8 Å². The Kier molecular flexibility index (Phi) is 4.29. The van der Waals surface area contributed by atoms with Gasteiger partial charge in [0, 0.05) is 26.6 Å². The number of fused-ring (bicyclic) bond motifs is 6. The van der Waals surface area contributed by atoms with Crippen molar-refractivity contribution < 1.29 is 14.6 Å². The van der Waals surface area contributed by atoms with Gasteiger partial charge in [-0.25, -0.2) is 4.79 Å². The summed E-state index contributed by atoms with van der Waals surface area (Å²) in [5.74, 6) is 1.30. The number of carboxylic acids is 1. The first-order valence-electron chi connectivity index (χ1n) is 9.05. The van der Waals surface area contributed by atoms with Crippen molar-refractivity contribution in [2.75, 3.05) is 6.61 Å². The van der Waals surface area contributed by atoms with Crippen molar-refractivity contribution in [1.82, 2.24) is 4.98 Å². The van der Waals surface area contributed by atoms with Gasteiger partial charge in [-0.2, -0.15) is 0 Å². The van der Waals surface area contributed by atoms with Crippen LogP contribution in [0.15, 0.2) is 28.0 Å². The van der Waals surface area contributed by atoms with E-state index in [1.807, 2.05) is 17.8 Å². The lowest BCUT2D eigenvalue weighted by Gasteiger charge is -2.40. The highest BCUT2D eigenvalue weighted by Gasteiger charge is 2.55. The van der Waals surface area contributed by atoms with E-state index in [0.717, 1.165) is 15.5 Å². The Balaban J connectivity index is 1.65. The first-order valence-corrected chi connectivity index (χ1v) is 11.1. The summed E-state index contributed by atoms with van der Waals surface area (Å²) in [6.07, 6.45) is 3.72. The number of hydrogen-bond donors (Lipinski definition) is 2. The number of rotatable bonds is 4. The Hall–Kier alpha value is -1.44. The zero-order valence-corrected chi connectivity index (χ0v) is 16.7. The minimum absolute atomic E-state index is 0.0213. The Bertz CT molecular complexity index is 971. The third-order valence-electron chi connectivity index (χ3n) is 6.12. The molecule has 142 valence electrons. The van der Waals surface area contributed by atoms with Gasteiger partial charge in [0.15, 0.2) is 6.61 Å². The molecule has 0 radical (unpaired) electrons. The number of aromatic nitrogens is 1. The van der Waals surface area contributed by atoms with Gasteiger partial charge in [0.05, 0.1) is 5.03 Å². The zero-order chi connectivity index (χ0) is 18.7. The standard InChI is InChI=1S/C19H18ClNO4S2/c20-10-3-4-12(25-7-13(22)23)11(6-10)15-14-8-1-2-9(5-8)16(14)26-18-17(15)27-19(24)21-18/h3-4,6,8-9,14-16H,1-2,5,7H2,(H,21,24)(H,22,23)/t8-,9-,14-,15-,16+/m0/s1. The molecule has 2 bridgehead atoms. The predicted molar refractivity (Wildman–Crippen MR) is 105 cm³/mol. The van der Waals surface area contributed by atoms with Crippen LogP contribution in [-0.4, -0.2) is 27.9 Å². The molecular formula is C19H18ClNO4S2. The molecule has 27 heavy (non-hydrogen) atoms. The molecular weight excluding hydrogens is 406 g/mol. The first-order chi connectivity index (χ1) is 13.0. The molecule has 5 nitrogen and oxygen atoms in total. The van der Waals surface area contributed by atoms with Crippen LogP contribution < -0.4 is 9.61 Å². The molecule has 3 aliphatic rings. The summed E-state index contributed by atoms with van der Waals surface area (Å²) in [5.41, 5.74) is 0.906. The van der Waals surface area contributed by atoms with Crippen molar-refractivity contribution in [3.63, 3.8) is 0 Å². The van der Waals surface area contributed by atoms with Crippen LogP contribution in [0.3, 0.4) is 0 Å². The number of H-pyrrole nitrogens is 1. The summed E-state index contributed by atoms with van der Waals surface area (Å²) < 4.78 is 5.61. The van der Waals surface area contributed by atoms with Gasteiger partial charge >= 0.3 is 10.8 Å². The van der Waals surface area contributed by atoms with Crippen LogP contribution in [0.2, 0.25) is 5.02 Å². The lowest BCUT2D eigenvalue weighted by atomic mass is 9.74. The molecule has 1 aliphatic heterocycles. The number of benzene rings is 1. The zero-order valence-electron chi connectivity index (χ0n) is 14.3. The van der Waals surface area contributed by atoms with Crippen molar-refractivity contribution in [1.29, 1.82) is 0 Å². The van der Waals surface area contributed by atoms with Crippen molar-refractivity contribution in [3.8, 4) is 5.75 Å². The number of carboxylic acid groups (broad SMARTS) is 1. The number of carbonyl (C=O) groups is 1. The van der Waals surface area contributed by atoms with Gasteiger partial charge in [-0.05, 0) is 55.2 Å². The minimum Gasteiger partial charge on any atom is -0.482 e. The molecule has 0 spiro atoms. The molecule has 0 saturated heterocycles. The van der Waals surface area contributed by atoms with Crippen molar-refractivity contribution in [2.45, 2.75) is 35.5 Å². The minimum atomic E-state index is -1.01. The van der Waals surface area contributed by atoms with Crippen molar-refractivity contribution >= 4 is 40.7 Å². The highest BCUT2D eigenvalue weighted by molar-refractivity contribution is 8.00. The van der Waals surface area contributed by atoms with E-state index in [1.54, 1.807) is 12.1 Å². The first kappa shape index (κ1) is 17.6. The van der Waals surface area contributed by atoms with Crippen LogP contribution in [0.5, 0.6) is 5.75 Å². The topological polar surface area (TPSA) is 79.4 Å². The van der Waals surface area contributed by atoms with Gasteiger partial charge in [-0.3, -0.25) is 4.79 Å². The fourth-order valence-electron chi connectivity index (χ4n) is 5.23. The van der Waals surface area contributed by atoms with E-state index in [4.69, 9.17) is 21.4 Å². The third-order valence-corrected chi connectivity index (χ3v) is 8.98. The molecule has 2 heterocycles. The normalized spacial score (nSPS) is 30.8. The van der Waals surface area contributed by atoms with Crippen LogP contribution in [0.1, 0.15) is 35.6 Å². The Labute approximate surface area is 169 Å². The molecule has 8 heteroatoms. The van der Waals surface area contributed by atoms with Crippen LogP contribution in [0.25, 0.3) is 0 Å². The smallest absolute Gasteiger partial charge is 0.341 e. The average Bonchev–Trinajstić information content (AvgIpc) is 3.32. The quantitative estimate of drug-likeness (QED) is 0.770. The second-order valence-electron chi connectivity index (χ2n) is 7.54. The van der Waals surface area contributed by atoms with Crippen molar-refractivity contribution in [2.24, 2.45) is 17.8 Å². The maximum Gasteiger partial charge on any atom is 0.341 e. The molecule has 5 rings (SSSR count). The Morgan fingerprint density at radius 3 is 2.96 bits per heavy atom. The van der Waals surface area contributed by atoms with Crippen LogP contribution in [0.4, 0.5) is 0 Å². The summed E-state index contributed by atoms with van der Waals surface area (Å²) in [6, 6.07) is 5.36. The van der Waals surface area contributed by atoms with E-state index in [2.05, 4.69) is 4.98 Å². The highest BCUT2D eigenvalue weighted by atomic mass is 35.5. The fourth-order valence-corrected chi connectivity index (χ4v) is 8.30. The Morgan fingerprint density at radius 2 is 2.15 bits per heavy atom. The molecule has 0 unspecified atom stereocenters. The van der Waals surface area contributed by atoms with E-state index in [0.29, 0.717) is 33.8 Å². The SMILES string of the molecule is O=C(O)COc1ccc(Cl)cc1[C@@H]1c2sc(=O)[nH]c2S[C@@H]2[C@H]3CC[C@@H](C3)[C@@H]12. The number of ether oxygens (including phenoxy) is 1. The summed E-state index contributed by atoms with van der Waals surface area (Å²) in [4.78, 5) is 27.1. The van der Waals surface area contributed by atoms with Gasteiger partial charge in [0.2, 0.25) is 0 Å². The maximum absolute atomic E-state index is 12.1. The van der Waals surface area contributed by atoms with Crippen LogP contribution >= 0.6 is 34.7 Å². The number of aliphatic carboxylic acids is 1. The molecule has 5 atom stereocenters. The number of thiazole rings is 1. The highest BCUT2D eigenvalue weighted by Crippen LogP contribution is 2.64.